The van der Waals surface area contributed by atoms with Crippen LogP contribution in [0, 0.1) is 5.92 Å². The Hall–Kier alpha value is -0.0400. The van der Waals surface area contributed by atoms with Gasteiger partial charge >= 0.3 is 0 Å². The molecule has 0 unspecified atom stereocenters. The molecule has 0 amide bonds. The molecule has 2 rings (SSSR count). The number of hydrogen-bond acceptors (Lipinski definition) is 1. The third-order valence-corrected chi connectivity index (χ3v) is 3.33. The Morgan fingerprint density at radius 3 is 2.50 bits per heavy atom. The molecule has 0 aromatic carbocycles. The standard InChI is InChI=1S/C9H16O/c10-9-6-2-1-4-8(9)5-3-7-9/h8,10H,1-7H2/t8-,9+/m0/s1. The van der Waals surface area contributed by atoms with E-state index in [0.29, 0.717) is 5.92 Å². The summed E-state index contributed by atoms with van der Waals surface area (Å²) in [6.07, 6.45) is 8.61. The minimum Gasteiger partial charge on any atom is -0.390 e. The molecule has 0 spiro atoms. The zero-order valence-corrected chi connectivity index (χ0v) is 6.47. The molecule has 2 aliphatic rings. The third-order valence-electron chi connectivity index (χ3n) is 3.33. The highest BCUT2D eigenvalue weighted by atomic mass is 16.3. The van der Waals surface area contributed by atoms with Crippen molar-refractivity contribution in [1.29, 1.82) is 0 Å². The zero-order chi connectivity index (χ0) is 7.03. The van der Waals surface area contributed by atoms with E-state index in [1.165, 1.54) is 32.1 Å². The lowest BCUT2D eigenvalue weighted by Gasteiger charge is -2.34. The summed E-state index contributed by atoms with van der Waals surface area (Å²) in [4.78, 5) is 0. The van der Waals surface area contributed by atoms with Gasteiger partial charge in [0.15, 0.2) is 0 Å². The first-order valence-electron chi connectivity index (χ1n) is 4.54. The fourth-order valence-electron chi connectivity index (χ4n) is 2.69. The van der Waals surface area contributed by atoms with Crippen LogP contribution in [0.1, 0.15) is 44.9 Å². The van der Waals surface area contributed by atoms with Crippen molar-refractivity contribution >= 4 is 0 Å². The van der Waals surface area contributed by atoms with Crippen molar-refractivity contribution in [3.05, 3.63) is 0 Å². The van der Waals surface area contributed by atoms with E-state index in [0.717, 1.165) is 12.8 Å². The van der Waals surface area contributed by atoms with Crippen LogP contribution in [-0.4, -0.2) is 10.7 Å². The second kappa shape index (κ2) is 2.23. The summed E-state index contributed by atoms with van der Waals surface area (Å²) in [6, 6.07) is 0. The van der Waals surface area contributed by atoms with E-state index in [1.54, 1.807) is 0 Å². The van der Waals surface area contributed by atoms with E-state index >= 15 is 0 Å². The van der Waals surface area contributed by atoms with Crippen LogP contribution in [-0.2, 0) is 0 Å². The average Bonchev–Trinajstić information content (AvgIpc) is 2.29. The molecule has 0 heterocycles. The van der Waals surface area contributed by atoms with Crippen molar-refractivity contribution in [2.45, 2.75) is 50.5 Å². The molecule has 0 aromatic rings. The van der Waals surface area contributed by atoms with Crippen molar-refractivity contribution in [3.8, 4) is 0 Å². The van der Waals surface area contributed by atoms with E-state index in [2.05, 4.69) is 0 Å². The summed E-state index contributed by atoms with van der Waals surface area (Å²) in [6.45, 7) is 0. The van der Waals surface area contributed by atoms with E-state index in [9.17, 15) is 5.11 Å². The first-order chi connectivity index (χ1) is 4.81. The number of hydrogen-bond donors (Lipinski definition) is 1. The van der Waals surface area contributed by atoms with Crippen molar-refractivity contribution in [2.24, 2.45) is 5.92 Å². The SMILES string of the molecule is O[C@@]12CCCC[C@H]1CCC2. The van der Waals surface area contributed by atoms with Gasteiger partial charge in [-0.3, -0.25) is 0 Å². The second-order valence-corrected chi connectivity index (χ2v) is 3.94. The molecule has 1 nitrogen and oxygen atoms in total. The molecular weight excluding hydrogens is 124 g/mol. The molecule has 2 saturated carbocycles. The molecular formula is C9H16O. The Bertz CT molecular complexity index is 133. The molecule has 58 valence electrons. The highest BCUT2D eigenvalue weighted by Crippen LogP contribution is 2.45. The molecule has 0 radical (unpaired) electrons. The predicted molar refractivity (Wildman–Crippen MR) is 40.8 cm³/mol. The van der Waals surface area contributed by atoms with Gasteiger partial charge in [-0.1, -0.05) is 19.3 Å². The summed E-state index contributed by atoms with van der Waals surface area (Å²) in [7, 11) is 0. The molecule has 1 N–H and O–H groups in total. The van der Waals surface area contributed by atoms with E-state index in [-0.39, 0.29) is 5.60 Å². The van der Waals surface area contributed by atoms with Gasteiger partial charge in [-0.15, -0.1) is 0 Å². The van der Waals surface area contributed by atoms with Crippen LogP contribution in [0.4, 0.5) is 0 Å². The van der Waals surface area contributed by atoms with Gasteiger partial charge in [0.1, 0.15) is 0 Å². The molecule has 0 aliphatic heterocycles. The van der Waals surface area contributed by atoms with E-state index in [1.807, 2.05) is 0 Å². The average molecular weight is 140 g/mol. The van der Waals surface area contributed by atoms with Crippen molar-refractivity contribution in [3.63, 3.8) is 0 Å². The maximum Gasteiger partial charge on any atom is 0.0675 e. The van der Waals surface area contributed by atoms with Crippen LogP contribution >= 0.6 is 0 Å². The van der Waals surface area contributed by atoms with Crippen molar-refractivity contribution in [1.82, 2.24) is 0 Å². The molecule has 0 saturated heterocycles. The normalized spacial score (nSPS) is 47.1. The highest BCUT2D eigenvalue weighted by molar-refractivity contribution is 4.94. The molecule has 0 aromatic heterocycles. The lowest BCUT2D eigenvalue weighted by Crippen LogP contribution is -2.35. The first-order valence-corrected chi connectivity index (χ1v) is 4.54. The topological polar surface area (TPSA) is 20.2 Å². The Morgan fingerprint density at radius 2 is 1.70 bits per heavy atom. The van der Waals surface area contributed by atoms with Gasteiger partial charge in [-0.2, -0.15) is 0 Å². The molecule has 2 aliphatic carbocycles. The van der Waals surface area contributed by atoms with Crippen LogP contribution < -0.4 is 0 Å². The summed E-state index contributed by atoms with van der Waals surface area (Å²) >= 11 is 0. The third kappa shape index (κ3) is 0.878. The minimum atomic E-state index is -0.210. The van der Waals surface area contributed by atoms with Gasteiger partial charge in [-0.25, -0.2) is 0 Å². The van der Waals surface area contributed by atoms with Crippen molar-refractivity contribution < 1.29 is 5.11 Å². The predicted octanol–water partition coefficient (Wildman–Crippen LogP) is 2.09. The van der Waals surface area contributed by atoms with E-state index < -0.39 is 0 Å². The quantitative estimate of drug-likeness (QED) is 0.546. The fourth-order valence-corrected chi connectivity index (χ4v) is 2.69. The van der Waals surface area contributed by atoms with Crippen LogP contribution in [0.25, 0.3) is 0 Å². The lowest BCUT2D eigenvalue weighted by molar-refractivity contribution is -0.0269. The van der Waals surface area contributed by atoms with Gasteiger partial charge in [0.25, 0.3) is 0 Å². The summed E-state index contributed by atoms with van der Waals surface area (Å²) in [5, 5.41) is 10.0. The fraction of sp³-hybridized carbons (Fsp3) is 1.00. The molecule has 2 atom stereocenters. The monoisotopic (exact) mass is 140 g/mol. The van der Waals surface area contributed by atoms with Gasteiger partial charge in [0.2, 0.25) is 0 Å². The molecule has 10 heavy (non-hydrogen) atoms. The number of aliphatic hydroxyl groups is 1. The summed E-state index contributed by atoms with van der Waals surface area (Å²) < 4.78 is 0. The van der Waals surface area contributed by atoms with Gasteiger partial charge < -0.3 is 5.11 Å². The Kier molecular flexibility index (Phi) is 1.48. The lowest BCUT2D eigenvalue weighted by atomic mass is 9.78. The van der Waals surface area contributed by atoms with Crippen LogP contribution in [0.5, 0.6) is 0 Å². The molecule has 2 fully saturated rings. The minimum absolute atomic E-state index is 0.210. The maximum absolute atomic E-state index is 10.0. The van der Waals surface area contributed by atoms with Crippen LogP contribution in [0.3, 0.4) is 0 Å². The highest BCUT2D eigenvalue weighted by Gasteiger charge is 2.41. The summed E-state index contributed by atoms with van der Waals surface area (Å²) in [5.74, 6) is 0.668. The Labute approximate surface area is 62.4 Å². The largest absolute Gasteiger partial charge is 0.390 e. The van der Waals surface area contributed by atoms with Crippen molar-refractivity contribution in [2.75, 3.05) is 0 Å². The summed E-state index contributed by atoms with van der Waals surface area (Å²) in [5.41, 5.74) is -0.210. The van der Waals surface area contributed by atoms with Gasteiger partial charge in [0, 0.05) is 0 Å². The molecule has 0 bridgehead atoms. The van der Waals surface area contributed by atoms with E-state index in [4.69, 9.17) is 0 Å². The molecule has 1 heteroatoms. The van der Waals surface area contributed by atoms with Gasteiger partial charge in [0.05, 0.1) is 5.60 Å². The van der Waals surface area contributed by atoms with Gasteiger partial charge in [-0.05, 0) is 31.6 Å². The maximum atomic E-state index is 10.0. The van der Waals surface area contributed by atoms with Crippen LogP contribution in [0.15, 0.2) is 0 Å². The zero-order valence-electron chi connectivity index (χ0n) is 6.47. The Balaban J connectivity index is 2.10. The van der Waals surface area contributed by atoms with Crippen LogP contribution in [0.2, 0.25) is 0 Å². The number of rotatable bonds is 0. The Morgan fingerprint density at radius 1 is 1.00 bits per heavy atom. The second-order valence-electron chi connectivity index (χ2n) is 3.94. The first kappa shape index (κ1) is 6.66. The smallest absolute Gasteiger partial charge is 0.0675 e. The number of fused-ring (bicyclic) bond motifs is 1.